The maximum Gasteiger partial charge on any atom is 0.350 e. The fourth-order valence-corrected chi connectivity index (χ4v) is 5.82. The number of aromatic nitrogens is 1. The summed E-state index contributed by atoms with van der Waals surface area (Å²) in [6.07, 6.45) is 0. The molecule has 38 heavy (non-hydrogen) atoms. The van der Waals surface area contributed by atoms with Gasteiger partial charge in [-0.3, -0.25) is 9.36 Å². The highest BCUT2D eigenvalue weighted by Gasteiger charge is 2.39. The summed E-state index contributed by atoms with van der Waals surface area (Å²) in [6, 6.07) is 13.3. The zero-order chi connectivity index (χ0) is 27.8. The van der Waals surface area contributed by atoms with Crippen molar-refractivity contribution in [3.8, 4) is 11.4 Å². The standard InChI is InChI=1S/C28H30F2N2O4SSi/c1-7-35-27(34)25-24(31-22-14-8-17(29)16-21(22)30)20-13-15-23(33)32(26(20)37-25)18-9-11-19(12-10-18)36-38(5,6)28(2,3)4/h8-16,31H,7H2,1-6H3. The van der Waals surface area contributed by atoms with Gasteiger partial charge in [0.1, 0.15) is 27.1 Å². The molecule has 2 heterocycles. The minimum absolute atomic E-state index is 0.0125. The number of ether oxygens (including phenoxy) is 1. The Morgan fingerprint density at radius 1 is 1.05 bits per heavy atom. The van der Waals surface area contributed by atoms with Crippen molar-refractivity contribution in [1.82, 2.24) is 4.57 Å². The number of halogens is 2. The second kappa shape index (κ2) is 10.3. The van der Waals surface area contributed by atoms with Gasteiger partial charge in [-0.15, -0.1) is 11.3 Å². The number of nitrogens with zero attached hydrogens (tertiary/aromatic N) is 1. The van der Waals surface area contributed by atoms with Gasteiger partial charge in [0.25, 0.3) is 5.56 Å². The minimum atomic E-state index is -2.05. The molecule has 0 unspecified atom stereocenters. The molecule has 0 aliphatic rings. The van der Waals surface area contributed by atoms with E-state index < -0.39 is 25.9 Å². The summed E-state index contributed by atoms with van der Waals surface area (Å²) in [4.78, 5) is 26.5. The number of nitrogens with one attached hydrogen (secondary N) is 1. The number of benzene rings is 2. The van der Waals surface area contributed by atoms with E-state index in [4.69, 9.17) is 9.16 Å². The largest absolute Gasteiger partial charge is 0.544 e. The van der Waals surface area contributed by atoms with Gasteiger partial charge in [-0.2, -0.15) is 0 Å². The summed E-state index contributed by atoms with van der Waals surface area (Å²) in [5, 5.41) is 3.46. The summed E-state index contributed by atoms with van der Waals surface area (Å²) >= 11 is 1.06. The molecule has 0 aliphatic heterocycles. The highest BCUT2D eigenvalue weighted by atomic mass is 32.1. The van der Waals surface area contributed by atoms with Crippen molar-refractivity contribution in [2.24, 2.45) is 0 Å². The zero-order valence-corrected chi connectivity index (χ0v) is 24.0. The summed E-state index contributed by atoms with van der Waals surface area (Å²) in [5.41, 5.74) is 0.549. The van der Waals surface area contributed by atoms with Crippen molar-refractivity contribution in [3.05, 3.63) is 81.5 Å². The fraction of sp³-hybridized carbons (Fsp3) is 0.286. The first-order chi connectivity index (χ1) is 17.8. The Morgan fingerprint density at radius 3 is 2.34 bits per heavy atom. The van der Waals surface area contributed by atoms with E-state index in [9.17, 15) is 18.4 Å². The first-order valence-corrected chi connectivity index (χ1v) is 15.9. The lowest BCUT2D eigenvalue weighted by molar-refractivity contribution is 0.0533. The summed E-state index contributed by atoms with van der Waals surface area (Å²) < 4.78 is 41.0. The first-order valence-electron chi connectivity index (χ1n) is 12.2. The number of carbonyl (C=O) groups excluding carboxylic acids is 1. The van der Waals surface area contributed by atoms with Gasteiger partial charge in [0.15, 0.2) is 0 Å². The van der Waals surface area contributed by atoms with Crippen molar-refractivity contribution < 1.29 is 22.7 Å². The predicted octanol–water partition coefficient (Wildman–Crippen LogP) is 7.63. The van der Waals surface area contributed by atoms with Crippen LogP contribution in [0.5, 0.6) is 5.75 Å². The monoisotopic (exact) mass is 556 g/mol. The van der Waals surface area contributed by atoms with Crippen LogP contribution in [0.1, 0.15) is 37.4 Å². The lowest BCUT2D eigenvalue weighted by Gasteiger charge is -2.36. The van der Waals surface area contributed by atoms with E-state index in [2.05, 4.69) is 39.2 Å². The van der Waals surface area contributed by atoms with Crippen molar-refractivity contribution in [2.75, 3.05) is 11.9 Å². The van der Waals surface area contributed by atoms with Crippen LogP contribution in [-0.2, 0) is 4.74 Å². The highest BCUT2D eigenvalue weighted by Crippen LogP contribution is 2.40. The molecule has 0 amide bonds. The van der Waals surface area contributed by atoms with Crippen LogP contribution in [0.2, 0.25) is 18.1 Å². The molecule has 0 saturated heterocycles. The molecule has 6 nitrogen and oxygen atoms in total. The highest BCUT2D eigenvalue weighted by molar-refractivity contribution is 7.21. The van der Waals surface area contributed by atoms with Crippen LogP contribution in [0, 0.1) is 11.6 Å². The first kappa shape index (κ1) is 27.5. The molecule has 0 saturated carbocycles. The van der Waals surface area contributed by atoms with Gasteiger partial charge in [-0.1, -0.05) is 20.8 Å². The summed E-state index contributed by atoms with van der Waals surface area (Å²) in [6.45, 7) is 12.6. The van der Waals surface area contributed by atoms with Crippen molar-refractivity contribution in [3.63, 3.8) is 0 Å². The Morgan fingerprint density at radius 2 is 1.74 bits per heavy atom. The number of anilines is 2. The van der Waals surface area contributed by atoms with E-state index in [0.717, 1.165) is 23.5 Å². The number of esters is 1. The van der Waals surface area contributed by atoms with Gasteiger partial charge in [-0.05, 0) is 67.5 Å². The third-order valence-corrected chi connectivity index (χ3v) is 12.2. The van der Waals surface area contributed by atoms with Crippen LogP contribution in [0.4, 0.5) is 20.2 Å². The maximum atomic E-state index is 14.5. The Bertz CT molecular complexity index is 1560. The molecule has 0 spiro atoms. The molecule has 4 aromatic rings. The molecule has 1 N–H and O–H groups in total. The number of pyridine rings is 1. The van der Waals surface area contributed by atoms with Crippen LogP contribution >= 0.6 is 11.3 Å². The summed E-state index contributed by atoms with van der Waals surface area (Å²) in [5.74, 6) is -1.43. The SMILES string of the molecule is CCOC(=O)c1sc2c(ccc(=O)n2-c2ccc(O[Si](C)(C)C(C)(C)C)cc2)c1Nc1ccc(F)cc1F. The summed E-state index contributed by atoms with van der Waals surface area (Å²) in [7, 11) is -2.05. The molecule has 0 fully saturated rings. The lowest BCUT2D eigenvalue weighted by atomic mass is 10.2. The van der Waals surface area contributed by atoms with Gasteiger partial charge in [0, 0.05) is 17.5 Å². The third-order valence-electron chi connectivity index (χ3n) is 6.67. The van der Waals surface area contributed by atoms with E-state index in [-0.39, 0.29) is 33.5 Å². The van der Waals surface area contributed by atoms with E-state index in [1.54, 1.807) is 25.1 Å². The van der Waals surface area contributed by atoms with Crippen molar-refractivity contribution >= 4 is 47.2 Å². The van der Waals surface area contributed by atoms with Crippen LogP contribution in [0.15, 0.2) is 59.4 Å². The fourth-order valence-electron chi connectivity index (χ4n) is 3.63. The third kappa shape index (κ3) is 5.37. The molecule has 2 aromatic carbocycles. The van der Waals surface area contributed by atoms with Gasteiger partial charge >= 0.3 is 5.97 Å². The molecule has 0 radical (unpaired) electrons. The molecule has 2 aromatic heterocycles. The molecule has 10 heteroatoms. The Labute approximate surface area is 225 Å². The van der Waals surface area contributed by atoms with Crippen molar-refractivity contribution in [1.29, 1.82) is 0 Å². The van der Waals surface area contributed by atoms with Crippen LogP contribution in [0.3, 0.4) is 0 Å². The van der Waals surface area contributed by atoms with Crippen LogP contribution in [0.25, 0.3) is 15.9 Å². The molecular formula is C28H30F2N2O4SSi. The number of rotatable bonds is 7. The number of hydrogen-bond acceptors (Lipinski definition) is 6. The van der Waals surface area contributed by atoms with E-state index in [0.29, 0.717) is 21.7 Å². The minimum Gasteiger partial charge on any atom is -0.544 e. The number of fused-ring (bicyclic) bond motifs is 1. The second-order valence-corrected chi connectivity index (χ2v) is 16.1. The molecule has 0 bridgehead atoms. The number of hydrogen-bond donors (Lipinski definition) is 1. The Kier molecular flexibility index (Phi) is 7.49. The number of thiophene rings is 1. The van der Waals surface area contributed by atoms with E-state index in [1.165, 1.54) is 16.7 Å². The van der Waals surface area contributed by atoms with E-state index in [1.807, 2.05) is 12.1 Å². The van der Waals surface area contributed by atoms with E-state index >= 15 is 0 Å². The predicted molar refractivity (Wildman–Crippen MR) is 151 cm³/mol. The van der Waals surface area contributed by atoms with Gasteiger partial charge in [-0.25, -0.2) is 13.6 Å². The van der Waals surface area contributed by atoms with Crippen LogP contribution < -0.4 is 15.3 Å². The van der Waals surface area contributed by atoms with Crippen molar-refractivity contribution in [2.45, 2.75) is 45.8 Å². The quantitative estimate of drug-likeness (QED) is 0.187. The molecule has 200 valence electrons. The average molecular weight is 557 g/mol. The molecule has 0 atom stereocenters. The van der Waals surface area contributed by atoms with Crippen LogP contribution in [-0.4, -0.2) is 25.5 Å². The number of carbonyl (C=O) groups is 1. The second-order valence-electron chi connectivity index (χ2n) is 10.4. The molecule has 0 aliphatic carbocycles. The lowest BCUT2D eigenvalue weighted by Crippen LogP contribution is -2.43. The van der Waals surface area contributed by atoms with Gasteiger partial charge in [0.2, 0.25) is 8.32 Å². The maximum absolute atomic E-state index is 14.5. The van der Waals surface area contributed by atoms with Gasteiger partial charge in [0.05, 0.1) is 23.7 Å². The smallest absolute Gasteiger partial charge is 0.350 e. The Hall–Kier alpha value is -3.50. The Balaban J connectivity index is 1.83. The normalized spacial score (nSPS) is 12.0. The molecule has 4 rings (SSSR count). The topological polar surface area (TPSA) is 69.6 Å². The zero-order valence-electron chi connectivity index (χ0n) is 22.1. The average Bonchev–Trinajstić information content (AvgIpc) is 3.19. The van der Waals surface area contributed by atoms with Gasteiger partial charge < -0.3 is 14.5 Å². The molecular weight excluding hydrogens is 526 g/mol.